The molecule has 3 nitrogen and oxygen atoms in total. The summed E-state index contributed by atoms with van der Waals surface area (Å²) in [6, 6.07) is 0.530. The zero-order chi connectivity index (χ0) is 20.8. The second-order valence-electron chi connectivity index (χ2n) is 12.2. The highest BCUT2D eigenvalue weighted by Crippen LogP contribution is 2.65. The number of nitrogens with one attached hydrogen (secondary N) is 1. The number of allylic oxidation sites excluding steroid dienone is 2. The van der Waals surface area contributed by atoms with Gasteiger partial charge in [0.1, 0.15) is 0 Å². The van der Waals surface area contributed by atoms with E-state index in [1.807, 2.05) is 0 Å². The maximum Gasteiger partial charge on any atom is 0.0937 e. The molecule has 6 rings (SSSR count). The third-order valence-corrected chi connectivity index (χ3v) is 10.9. The Morgan fingerprint density at radius 2 is 2.00 bits per heavy atom. The monoisotopic (exact) mass is 411 g/mol. The van der Waals surface area contributed by atoms with Crippen molar-refractivity contribution in [3.8, 4) is 0 Å². The summed E-state index contributed by atoms with van der Waals surface area (Å²) in [5, 5.41) is 14.1. The van der Waals surface area contributed by atoms with E-state index in [1.165, 1.54) is 38.5 Å². The van der Waals surface area contributed by atoms with Crippen LogP contribution in [0.3, 0.4) is 0 Å². The Labute approximate surface area is 182 Å². The molecule has 3 heteroatoms. The normalized spacial score (nSPS) is 55.0. The second-order valence-corrected chi connectivity index (χ2v) is 12.2. The number of hydrogen-bond acceptors (Lipinski definition) is 3. The molecular formula is C27H41NO2. The Hall–Kier alpha value is -0.640. The van der Waals surface area contributed by atoms with Gasteiger partial charge in [-0.3, -0.25) is 0 Å². The summed E-state index contributed by atoms with van der Waals surface area (Å²) in [5.41, 5.74) is 5.25. The SMILES string of the molecule is CC1=C2C[C@H]3[C@@H](CC=C4C[C@@H](O)CC[C@@]43C)C2CC[C@]12O[C@@H]1C[C@H](C)CN[C@H]1[C@H]2C. The number of aliphatic hydroxyl groups is 1. The van der Waals surface area contributed by atoms with Gasteiger partial charge in [-0.1, -0.05) is 38.0 Å². The maximum absolute atomic E-state index is 10.3. The molecule has 0 bridgehead atoms. The van der Waals surface area contributed by atoms with Gasteiger partial charge in [0, 0.05) is 12.0 Å². The van der Waals surface area contributed by atoms with Gasteiger partial charge in [0.25, 0.3) is 0 Å². The Balaban J connectivity index is 1.34. The summed E-state index contributed by atoms with van der Waals surface area (Å²) in [7, 11) is 0. The molecule has 166 valence electrons. The van der Waals surface area contributed by atoms with Gasteiger partial charge in [-0.25, -0.2) is 0 Å². The van der Waals surface area contributed by atoms with Crippen molar-refractivity contribution in [2.45, 2.75) is 103 Å². The van der Waals surface area contributed by atoms with Crippen molar-refractivity contribution in [1.29, 1.82) is 0 Å². The van der Waals surface area contributed by atoms with Gasteiger partial charge in [-0.15, -0.1) is 0 Å². The summed E-state index contributed by atoms with van der Waals surface area (Å²) in [6.45, 7) is 10.9. The standard InChI is InChI=1S/C27H41NO2/c1-15-11-24-25(28-14-15)17(3)27(30-24)10-8-20-21-6-5-18-12-19(29)7-9-26(18,4)23(21)13-22(20)16(27)2/h5,15,17,19-21,23-25,28-29H,6-14H2,1-4H3/t15-,17+,19-,20?,21-,23-,24+,25-,26-,27-/m0/s1. The van der Waals surface area contributed by atoms with Gasteiger partial charge in [-0.2, -0.15) is 0 Å². The summed E-state index contributed by atoms with van der Waals surface area (Å²) in [5.74, 6) is 3.64. The van der Waals surface area contributed by atoms with Crippen LogP contribution in [-0.2, 0) is 4.74 Å². The summed E-state index contributed by atoms with van der Waals surface area (Å²) >= 11 is 0. The van der Waals surface area contributed by atoms with Crippen LogP contribution < -0.4 is 5.32 Å². The van der Waals surface area contributed by atoms with E-state index in [0.29, 0.717) is 23.5 Å². The molecule has 0 aromatic heterocycles. The fourth-order valence-electron chi connectivity index (χ4n) is 9.09. The van der Waals surface area contributed by atoms with E-state index >= 15 is 0 Å². The van der Waals surface area contributed by atoms with Crippen LogP contribution in [0.4, 0.5) is 0 Å². The summed E-state index contributed by atoms with van der Waals surface area (Å²) in [6.07, 6.45) is 12.2. The first-order valence-corrected chi connectivity index (χ1v) is 12.8. The number of hydrogen-bond donors (Lipinski definition) is 2. The van der Waals surface area contributed by atoms with Crippen LogP contribution in [0.25, 0.3) is 0 Å². The third kappa shape index (κ3) is 2.55. The molecule has 4 aliphatic carbocycles. The molecule has 0 aromatic rings. The number of rotatable bonds is 0. The van der Waals surface area contributed by atoms with Crippen molar-refractivity contribution in [3.63, 3.8) is 0 Å². The minimum absolute atomic E-state index is 0.0222. The van der Waals surface area contributed by atoms with E-state index in [9.17, 15) is 5.11 Å². The van der Waals surface area contributed by atoms with Crippen molar-refractivity contribution in [3.05, 3.63) is 22.8 Å². The number of piperidine rings is 1. The zero-order valence-corrected chi connectivity index (χ0v) is 19.4. The minimum Gasteiger partial charge on any atom is -0.393 e. The predicted molar refractivity (Wildman–Crippen MR) is 120 cm³/mol. The first-order valence-electron chi connectivity index (χ1n) is 12.8. The van der Waals surface area contributed by atoms with Crippen LogP contribution >= 0.6 is 0 Å². The highest BCUT2D eigenvalue weighted by molar-refractivity contribution is 5.38. The molecule has 1 spiro atoms. The van der Waals surface area contributed by atoms with Crippen LogP contribution in [0, 0.1) is 35.0 Å². The van der Waals surface area contributed by atoms with Gasteiger partial charge >= 0.3 is 0 Å². The third-order valence-electron chi connectivity index (χ3n) is 10.9. The van der Waals surface area contributed by atoms with Gasteiger partial charge in [-0.05, 0) is 99.5 Å². The Bertz CT molecular complexity index is 801. The molecule has 0 radical (unpaired) electrons. The lowest BCUT2D eigenvalue weighted by atomic mass is 9.56. The van der Waals surface area contributed by atoms with Gasteiger partial charge < -0.3 is 15.2 Å². The molecule has 10 atom stereocenters. The van der Waals surface area contributed by atoms with Crippen LogP contribution in [0.1, 0.15) is 79.1 Å². The zero-order valence-electron chi connectivity index (χ0n) is 19.4. The van der Waals surface area contributed by atoms with Crippen molar-refractivity contribution in [2.75, 3.05) is 6.54 Å². The topological polar surface area (TPSA) is 41.5 Å². The van der Waals surface area contributed by atoms with Crippen molar-refractivity contribution >= 4 is 0 Å². The lowest BCUT2D eigenvalue weighted by molar-refractivity contribution is -0.0549. The Morgan fingerprint density at radius 1 is 1.17 bits per heavy atom. The van der Waals surface area contributed by atoms with Crippen molar-refractivity contribution in [1.82, 2.24) is 5.32 Å². The highest BCUT2D eigenvalue weighted by atomic mass is 16.5. The molecule has 4 fully saturated rings. The Morgan fingerprint density at radius 3 is 2.83 bits per heavy atom. The molecule has 2 saturated heterocycles. The molecule has 30 heavy (non-hydrogen) atoms. The quantitative estimate of drug-likeness (QED) is 0.551. The van der Waals surface area contributed by atoms with E-state index < -0.39 is 0 Å². The van der Waals surface area contributed by atoms with E-state index in [4.69, 9.17) is 4.74 Å². The predicted octanol–water partition coefficient (Wildman–Crippen LogP) is 5.00. The largest absolute Gasteiger partial charge is 0.393 e. The maximum atomic E-state index is 10.3. The molecule has 0 amide bonds. The molecule has 2 heterocycles. The van der Waals surface area contributed by atoms with Gasteiger partial charge in [0.15, 0.2) is 0 Å². The molecule has 6 aliphatic rings. The average Bonchev–Trinajstić information content (AvgIpc) is 3.23. The van der Waals surface area contributed by atoms with E-state index in [2.05, 4.69) is 39.1 Å². The smallest absolute Gasteiger partial charge is 0.0937 e. The first kappa shape index (κ1) is 20.0. The van der Waals surface area contributed by atoms with E-state index in [0.717, 1.165) is 43.1 Å². The molecule has 1 unspecified atom stereocenters. The number of ether oxygens (including phenoxy) is 1. The van der Waals surface area contributed by atoms with Gasteiger partial charge in [0.2, 0.25) is 0 Å². The van der Waals surface area contributed by atoms with Crippen LogP contribution in [0.5, 0.6) is 0 Å². The molecule has 2 N–H and O–H groups in total. The highest BCUT2D eigenvalue weighted by Gasteiger charge is 2.60. The minimum atomic E-state index is -0.111. The van der Waals surface area contributed by atoms with E-state index in [1.54, 1.807) is 16.7 Å². The molecule has 0 aromatic carbocycles. The second kappa shape index (κ2) is 6.68. The van der Waals surface area contributed by atoms with Crippen molar-refractivity contribution in [2.24, 2.45) is 35.0 Å². The molecular weight excluding hydrogens is 370 g/mol. The van der Waals surface area contributed by atoms with Gasteiger partial charge in [0.05, 0.1) is 17.8 Å². The summed E-state index contributed by atoms with van der Waals surface area (Å²) < 4.78 is 7.03. The number of aliphatic hydroxyl groups excluding tert-OH is 1. The molecule has 2 aliphatic heterocycles. The molecule has 2 saturated carbocycles. The fourth-order valence-corrected chi connectivity index (χ4v) is 9.09. The van der Waals surface area contributed by atoms with Crippen molar-refractivity contribution < 1.29 is 9.84 Å². The lowest BCUT2D eigenvalue weighted by Gasteiger charge is -2.49. The Kier molecular flexibility index (Phi) is 4.46. The summed E-state index contributed by atoms with van der Waals surface area (Å²) in [4.78, 5) is 0. The van der Waals surface area contributed by atoms with E-state index in [-0.39, 0.29) is 11.7 Å². The fraction of sp³-hybridized carbons (Fsp3) is 0.852. The number of fused-ring (bicyclic) bond motifs is 6. The van der Waals surface area contributed by atoms with Crippen LogP contribution in [0.2, 0.25) is 0 Å². The first-order chi connectivity index (χ1) is 14.3. The van der Waals surface area contributed by atoms with Crippen LogP contribution in [-0.4, -0.2) is 35.5 Å². The average molecular weight is 412 g/mol. The lowest BCUT2D eigenvalue weighted by Crippen LogP contribution is -2.49. The van der Waals surface area contributed by atoms with Crippen LogP contribution in [0.15, 0.2) is 22.8 Å².